The van der Waals surface area contributed by atoms with Crippen LogP contribution in [0.2, 0.25) is 0 Å². The number of nitrogens with two attached hydrogens (primary N) is 1. The van der Waals surface area contributed by atoms with Crippen molar-refractivity contribution in [3.05, 3.63) is 5.82 Å². The van der Waals surface area contributed by atoms with Crippen LogP contribution in [-0.4, -0.2) is 53.3 Å². The lowest BCUT2D eigenvalue weighted by atomic mass is 10.2. The number of thioether (sulfide) groups is 1. The second-order valence-electron chi connectivity index (χ2n) is 6.26. The van der Waals surface area contributed by atoms with Crippen molar-refractivity contribution >= 4 is 41.7 Å². The Kier molecular flexibility index (Phi) is 12.3. The average Bonchev–Trinajstić information content (AvgIpc) is 3.27. The van der Waals surface area contributed by atoms with Crippen LogP contribution < -0.4 is 11.1 Å². The van der Waals surface area contributed by atoms with E-state index in [1.807, 2.05) is 6.92 Å². The van der Waals surface area contributed by atoms with Crippen molar-refractivity contribution in [3.63, 3.8) is 0 Å². The molecule has 150 valence electrons. The third-order valence-corrected chi connectivity index (χ3v) is 5.07. The number of nitrogens with one attached hydrogen (secondary N) is 1. The number of hydrogen-bond acceptors (Lipinski definition) is 5. The van der Waals surface area contributed by atoms with Gasteiger partial charge in [0.25, 0.3) is 0 Å². The molecule has 1 aliphatic carbocycles. The number of ether oxygens (including phenoxy) is 1. The summed E-state index contributed by atoms with van der Waals surface area (Å²) in [5.41, 5.74) is 5.88. The first kappa shape index (κ1) is 23.5. The predicted molar refractivity (Wildman–Crippen MR) is 119 cm³/mol. The standard InChI is InChI=1S/C17H32N6OS.HI/c1-3-24-13-7-12-20-16(18)19-11-6-10-15-21-22-17(25-2)23(15)14-8-4-5-9-14;/h14H,3-13H2,1-2H3,(H3,18,19,20);1H. The van der Waals surface area contributed by atoms with Gasteiger partial charge in [-0.15, -0.1) is 34.2 Å². The molecule has 7 nitrogen and oxygen atoms in total. The Morgan fingerprint density at radius 1 is 1.35 bits per heavy atom. The second kappa shape index (κ2) is 13.6. The molecular formula is C17H33IN6OS. The summed E-state index contributed by atoms with van der Waals surface area (Å²) in [6, 6.07) is 0.577. The van der Waals surface area contributed by atoms with Gasteiger partial charge in [0, 0.05) is 38.8 Å². The first-order chi connectivity index (χ1) is 12.3. The summed E-state index contributed by atoms with van der Waals surface area (Å²) in [5.74, 6) is 1.60. The summed E-state index contributed by atoms with van der Waals surface area (Å²) >= 11 is 1.68. The molecule has 9 heteroatoms. The van der Waals surface area contributed by atoms with E-state index in [1.165, 1.54) is 25.7 Å². The van der Waals surface area contributed by atoms with Crippen molar-refractivity contribution in [2.24, 2.45) is 10.7 Å². The normalized spacial score (nSPS) is 15.2. The molecule has 1 aromatic heterocycles. The number of nitrogens with zero attached hydrogens (tertiary/aromatic N) is 4. The monoisotopic (exact) mass is 496 g/mol. The van der Waals surface area contributed by atoms with E-state index in [9.17, 15) is 0 Å². The molecule has 0 amide bonds. The number of aryl methyl sites for hydroxylation is 1. The molecule has 0 aliphatic heterocycles. The highest BCUT2D eigenvalue weighted by Crippen LogP contribution is 2.33. The SMILES string of the molecule is CCOCCCNC(N)=NCCCc1nnc(SC)n1C1CCCC1.I. The summed E-state index contributed by atoms with van der Waals surface area (Å²) in [7, 11) is 0. The number of aromatic nitrogens is 3. The molecular weight excluding hydrogens is 463 g/mol. The molecule has 0 bridgehead atoms. The minimum atomic E-state index is 0. The third kappa shape index (κ3) is 7.59. The Labute approximate surface area is 178 Å². The molecule has 1 saturated carbocycles. The molecule has 0 aromatic carbocycles. The first-order valence-electron chi connectivity index (χ1n) is 9.35. The molecule has 0 radical (unpaired) electrons. The van der Waals surface area contributed by atoms with Crippen LogP contribution in [0.5, 0.6) is 0 Å². The number of halogens is 1. The van der Waals surface area contributed by atoms with E-state index >= 15 is 0 Å². The van der Waals surface area contributed by atoms with Crippen LogP contribution in [0.4, 0.5) is 0 Å². The molecule has 1 heterocycles. The van der Waals surface area contributed by atoms with Crippen molar-refractivity contribution in [2.45, 2.75) is 63.1 Å². The summed E-state index contributed by atoms with van der Waals surface area (Å²) in [5, 5.41) is 12.9. The summed E-state index contributed by atoms with van der Waals surface area (Å²) in [6.45, 7) is 5.01. The lowest BCUT2D eigenvalue weighted by molar-refractivity contribution is 0.145. The van der Waals surface area contributed by atoms with Gasteiger partial charge in [0.05, 0.1) is 0 Å². The Bertz CT molecular complexity index is 533. The van der Waals surface area contributed by atoms with Crippen LogP contribution in [0, 0.1) is 0 Å². The lowest BCUT2D eigenvalue weighted by Crippen LogP contribution is -2.33. The van der Waals surface area contributed by atoms with Gasteiger partial charge in [-0.1, -0.05) is 24.6 Å². The first-order valence-corrected chi connectivity index (χ1v) is 10.6. The van der Waals surface area contributed by atoms with Gasteiger partial charge in [0.2, 0.25) is 0 Å². The number of aliphatic imine (C=N–C) groups is 1. The predicted octanol–water partition coefficient (Wildman–Crippen LogP) is 3.00. The number of guanidine groups is 1. The third-order valence-electron chi connectivity index (χ3n) is 4.42. The Morgan fingerprint density at radius 3 is 2.81 bits per heavy atom. The molecule has 1 fully saturated rings. The van der Waals surface area contributed by atoms with Crippen LogP contribution >= 0.6 is 35.7 Å². The highest BCUT2D eigenvalue weighted by atomic mass is 127. The maximum Gasteiger partial charge on any atom is 0.191 e. The van der Waals surface area contributed by atoms with Gasteiger partial charge in [-0.3, -0.25) is 4.99 Å². The Morgan fingerprint density at radius 2 is 2.12 bits per heavy atom. The molecule has 0 atom stereocenters. The molecule has 0 saturated heterocycles. The van der Waals surface area contributed by atoms with E-state index in [4.69, 9.17) is 10.5 Å². The van der Waals surface area contributed by atoms with Gasteiger partial charge in [-0.05, 0) is 38.9 Å². The quantitative estimate of drug-likeness (QED) is 0.161. The summed E-state index contributed by atoms with van der Waals surface area (Å²) < 4.78 is 7.65. The summed E-state index contributed by atoms with van der Waals surface area (Å²) in [6.07, 6.45) is 9.95. The van der Waals surface area contributed by atoms with Gasteiger partial charge in [0.15, 0.2) is 11.1 Å². The van der Waals surface area contributed by atoms with Crippen LogP contribution in [0.1, 0.15) is 57.3 Å². The van der Waals surface area contributed by atoms with Gasteiger partial charge < -0.3 is 20.4 Å². The van der Waals surface area contributed by atoms with E-state index in [2.05, 4.69) is 31.3 Å². The van der Waals surface area contributed by atoms with Gasteiger partial charge in [-0.25, -0.2) is 0 Å². The fourth-order valence-electron chi connectivity index (χ4n) is 3.17. The second-order valence-corrected chi connectivity index (χ2v) is 7.03. The van der Waals surface area contributed by atoms with Crippen LogP contribution in [0.3, 0.4) is 0 Å². The van der Waals surface area contributed by atoms with E-state index in [-0.39, 0.29) is 24.0 Å². The van der Waals surface area contributed by atoms with Crippen molar-refractivity contribution in [1.29, 1.82) is 0 Å². The topological polar surface area (TPSA) is 90.3 Å². The fourth-order valence-corrected chi connectivity index (χ4v) is 3.75. The number of rotatable bonds is 11. The van der Waals surface area contributed by atoms with E-state index in [0.717, 1.165) is 50.0 Å². The smallest absolute Gasteiger partial charge is 0.191 e. The van der Waals surface area contributed by atoms with Crippen molar-refractivity contribution in [1.82, 2.24) is 20.1 Å². The van der Waals surface area contributed by atoms with Crippen LogP contribution in [0.15, 0.2) is 10.1 Å². The maximum absolute atomic E-state index is 5.88. The fraction of sp³-hybridized carbons (Fsp3) is 0.824. The van der Waals surface area contributed by atoms with E-state index in [1.54, 1.807) is 11.8 Å². The van der Waals surface area contributed by atoms with E-state index < -0.39 is 0 Å². The van der Waals surface area contributed by atoms with Crippen molar-refractivity contribution in [3.8, 4) is 0 Å². The molecule has 3 N–H and O–H groups in total. The summed E-state index contributed by atoms with van der Waals surface area (Å²) in [4.78, 5) is 4.39. The Balaban J connectivity index is 0.00000338. The minimum Gasteiger partial charge on any atom is -0.382 e. The molecule has 26 heavy (non-hydrogen) atoms. The molecule has 1 aromatic rings. The van der Waals surface area contributed by atoms with Crippen molar-refractivity contribution < 1.29 is 4.74 Å². The Hall–Kier alpha value is -0.550. The van der Waals surface area contributed by atoms with Gasteiger partial charge in [0.1, 0.15) is 5.82 Å². The maximum atomic E-state index is 5.88. The van der Waals surface area contributed by atoms with Crippen molar-refractivity contribution in [2.75, 3.05) is 32.6 Å². The molecule has 0 unspecified atom stereocenters. The molecule has 0 spiro atoms. The highest BCUT2D eigenvalue weighted by molar-refractivity contribution is 14.0. The average molecular weight is 496 g/mol. The number of hydrogen-bond donors (Lipinski definition) is 2. The zero-order valence-corrected chi connectivity index (χ0v) is 19.1. The zero-order chi connectivity index (χ0) is 17.9. The van der Waals surface area contributed by atoms with Crippen LogP contribution in [-0.2, 0) is 11.2 Å². The molecule has 2 rings (SSSR count). The zero-order valence-electron chi connectivity index (χ0n) is 15.9. The largest absolute Gasteiger partial charge is 0.382 e. The lowest BCUT2D eigenvalue weighted by Gasteiger charge is -2.16. The highest BCUT2D eigenvalue weighted by Gasteiger charge is 2.23. The molecule has 1 aliphatic rings. The van der Waals surface area contributed by atoms with Gasteiger partial charge in [-0.2, -0.15) is 0 Å². The minimum absolute atomic E-state index is 0. The van der Waals surface area contributed by atoms with Gasteiger partial charge >= 0.3 is 0 Å². The van der Waals surface area contributed by atoms with Crippen LogP contribution in [0.25, 0.3) is 0 Å². The van der Waals surface area contributed by atoms with E-state index in [0.29, 0.717) is 18.5 Å².